The van der Waals surface area contributed by atoms with E-state index < -0.39 is 0 Å². The molecule has 0 aliphatic carbocycles. The monoisotopic (exact) mass is 323 g/mol. The highest BCUT2D eigenvalue weighted by molar-refractivity contribution is 9.10. The highest BCUT2D eigenvalue weighted by atomic mass is 79.9. The zero-order chi connectivity index (χ0) is 13.0. The average Bonchev–Trinajstić information content (AvgIpc) is 2.32. The van der Waals surface area contributed by atoms with Crippen molar-refractivity contribution >= 4 is 33.2 Å². The van der Waals surface area contributed by atoms with Gasteiger partial charge < -0.3 is 5.32 Å². The van der Waals surface area contributed by atoms with Crippen LogP contribution in [0.1, 0.15) is 12.5 Å². The van der Waals surface area contributed by atoms with E-state index in [9.17, 15) is 0 Å². The van der Waals surface area contributed by atoms with Crippen LogP contribution in [-0.4, -0.2) is 6.04 Å². The van der Waals surface area contributed by atoms with E-state index in [-0.39, 0.29) is 0 Å². The molecule has 0 bridgehead atoms. The molecule has 0 saturated carbocycles. The number of hydrogen-bond acceptors (Lipinski definition) is 1. The number of halogens is 2. The third-order valence-electron chi connectivity index (χ3n) is 2.69. The number of anilines is 1. The molecule has 1 unspecified atom stereocenters. The molecule has 0 aliphatic heterocycles. The van der Waals surface area contributed by atoms with Crippen molar-refractivity contribution in [1.82, 2.24) is 0 Å². The van der Waals surface area contributed by atoms with Gasteiger partial charge in [0.1, 0.15) is 0 Å². The van der Waals surface area contributed by atoms with Gasteiger partial charge in [-0.05, 0) is 49.2 Å². The molecule has 0 radical (unpaired) electrons. The van der Waals surface area contributed by atoms with E-state index >= 15 is 0 Å². The van der Waals surface area contributed by atoms with Gasteiger partial charge in [0.05, 0.1) is 0 Å². The van der Waals surface area contributed by atoms with Crippen molar-refractivity contribution in [3.05, 3.63) is 63.6 Å². The van der Waals surface area contributed by atoms with Crippen molar-refractivity contribution < 1.29 is 0 Å². The van der Waals surface area contributed by atoms with Crippen molar-refractivity contribution in [3.63, 3.8) is 0 Å². The lowest BCUT2D eigenvalue weighted by Gasteiger charge is -2.15. The minimum Gasteiger partial charge on any atom is -0.382 e. The molecular formula is C15H15BrClN. The third kappa shape index (κ3) is 4.04. The maximum absolute atomic E-state index is 5.87. The van der Waals surface area contributed by atoms with Crippen LogP contribution in [0.25, 0.3) is 0 Å². The molecule has 2 rings (SSSR count). The predicted octanol–water partition coefficient (Wildman–Crippen LogP) is 5.15. The van der Waals surface area contributed by atoms with Crippen molar-refractivity contribution in [2.24, 2.45) is 0 Å². The van der Waals surface area contributed by atoms with E-state index in [1.807, 2.05) is 24.3 Å². The molecule has 3 heteroatoms. The van der Waals surface area contributed by atoms with Crippen LogP contribution in [0.15, 0.2) is 53.0 Å². The molecule has 0 amide bonds. The lowest BCUT2D eigenvalue weighted by atomic mass is 10.1. The second-order valence-corrected chi connectivity index (χ2v) is 5.74. The van der Waals surface area contributed by atoms with Gasteiger partial charge >= 0.3 is 0 Å². The Morgan fingerprint density at radius 1 is 1.17 bits per heavy atom. The Morgan fingerprint density at radius 3 is 2.56 bits per heavy atom. The molecule has 2 aromatic carbocycles. The maximum atomic E-state index is 5.87. The molecular weight excluding hydrogens is 310 g/mol. The molecule has 0 aromatic heterocycles. The van der Waals surface area contributed by atoms with E-state index in [4.69, 9.17) is 11.6 Å². The molecule has 0 spiro atoms. The number of hydrogen-bond donors (Lipinski definition) is 1. The van der Waals surface area contributed by atoms with Gasteiger partial charge in [0.2, 0.25) is 0 Å². The minimum atomic E-state index is 0.375. The van der Waals surface area contributed by atoms with Crippen LogP contribution in [0.5, 0.6) is 0 Å². The van der Waals surface area contributed by atoms with E-state index in [1.165, 1.54) is 5.56 Å². The first-order valence-electron chi connectivity index (χ1n) is 5.90. The quantitative estimate of drug-likeness (QED) is 0.820. The Morgan fingerprint density at radius 2 is 1.89 bits per heavy atom. The first-order valence-corrected chi connectivity index (χ1v) is 7.07. The fraction of sp³-hybridized carbons (Fsp3) is 0.200. The lowest BCUT2D eigenvalue weighted by Crippen LogP contribution is -2.17. The number of benzene rings is 2. The van der Waals surface area contributed by atoms with E-state index in [0.717, 1.165) is 21.6 Å². The third-order valence-corrected chi connectivity index (χ3v) is 3.44. The summed E-state index contributed by atoms with van der Waals surface area (Å²) < 4.78 is 1.09. The second kappa shape index (κ2) is 6.26. The fourth-order valence-electron chi connectivity index (χ4n) is 1.89. The summed E-state index contributed by atoms with van der Waals surface area (Å²) in [6.07, 6.45) is 0.976. The van der Waals surface area contributed by atoms with Crippen LogP contribution in [0, 0.1) is 0 Å². The Balaban J connectivity index is 1.96. The standard InChI is InChI=1S/C15H15BrClN/c1-11(9-12-5-7-14(17)8-6-12)18-15-4-2-3-13(16)10-15/h2-8,10-11,18H,9H2,1H3. The molecule has 1 nitrogen and oxygen atoms in total. The van der Waals surface area contributed by atoms with Crippen molar-refractivity contribution in [2.45, 2.75) is 19.4 Å². The summed E-state index contributed by atoms with van der Waals surface area (Å²) >= 11 is 9.35. The van der Waals surface area contributed by atoms with Crippen molar-refractivity contribution in [1.29, 1.82) is 0 Å². The van der Waals surface area contributed by atoms with Crippen LogP contribution in [0.3, 0.4) is 0 Å². The van der Waals surface area contributed by atoms with Crippen molar-refractivity contribution in [3.8, 4) is 0 Å². The Kier molecular flexibility index (Phi) is 4.67. The molecule has 94 valence electrons. The number of nitrogens with one attached hydrogen (secondary N) is 1. The van der Waals surface area contributed by atoms with Gasteiger partial charge in [-0.2, -0.15) is 0 Å². The van der Waals surface area contributed by atoms with Gasteiger partial charge in [-0.15, -0.1) is 0 Å². The summed E-state index contributed by atoms with van der Waals surface area (Å²) in [5.74, 6) is 0. The van der Waals surface area contributed by atoms with E-state index in [2.05, 4.69) is 52.4 Å². The zero-order valence-electron chi connectivity index (χ0n) is 10.2. The van der Waals surface area contributed by atoms with Crippen LogP contribution < -0.4 is 5.32 Å². The summed E-state index contributed by atoms with van der Waals surface area (Å²) in [6, 6.07) is 16.6. The molecule has 0 fully saturated rings. The van der Waals surface area contributed by atoms with Crippen LogP contribution in [0.4, 0.5) is 5.69 Å². The molecule has 2 aromatic rings. The van der Waals surface area contributed by atoms with Gasteiger partial charge in [-0.1, -0.05) is 45.7 Å². The van der Waals surface area contributed by atoms with E-state index in [0.29, 0.717) is 6.04 Å². The van der Waals surface area contributed by atoms with Crippen LogP contribution >= 0.6 is 27.5 Å². The molecule has 0 aliphatic rings. The molecule has 0 saturated heterocycles. The summed E-state index contributed by atoms with van der Waals surface area (Å²) in [4.78, 5) is 0. The highest BCUT2D eigenvalue weighted by Gasteiger charge is 2.04. The minimum absolute atomic E-state index is 0.375. The van der Waals surface area contributed by atoms with Gasteiger partial charge in [0.25, 0.3) is 0 Å². The first-order chi connectivity index (χ1) is 8.63. The zero-order valence-corrected chi connectivity index (χ0v) is 12.5. The largest absolute Gasteiger partial charge is 0.382 e. The van der Waals surface area contributed by atoms with Gasteiger partial charge in [-0.25, -0.2) is 0 Å². The summed E-state index contributed by atoms with van der Waals surface area (Å²) in [5, 5.41) is 4.27. The second-order valence-electron chi connectivity index (χ2n) is 4.39. The van der Waals surface area contributed by atoms with Gasteiger partial charge in [-0.3, -0.25) is 0 Å². The van der Waals surface area contributed by atoms with Gasteiger partial charge in [0, 0.05) is 21.2 Å². The molecule has 1 N–H and O–H groups in total. The van der Waals surface area contributed by atoms with Gasteiger partial charge in [0.15, 0.2) is 0 Å². The number of rotatable bonds is 4. The highest BCUT2D eigenvalue weighted by Crippen LogP contribution is 2.18. The maximum Gasteiger partial charge on any atom is 0.0406 e. The summed E-state index contributed by atoms with van der Waals surface area (Å²) in [5.41, 5.74) is 2.42. The molecule has 1 atom stereocenters. The topological polar surface area (TPSA) is 12.0 Å². The van der Waals surface area contributed by atoms with E-state index in [1.54, 1.807) is 0 Å². The molecule has 18 heavy (non-hydrogen) atoms. The Hall–Kier alpha value is -0.990. The smallest absolute Gasteiger partial charge is 0.0406 e. The first kappa shape index (κ1) is 13.4. The normalized spacial score (nSPS) is 12.2. The summed E-state index contributed by atoms with van der Waals surface area (Å²) in [7, 11) is 0. The SMILES string of the molecule is CC(Cc1ccc(Cl)cc1)Nc1cccc(Br)c1. The van der Waals surface area contributed by atoms with Crippen LogP contribution in [0.2, 0.25) is 5.02 Å². The predicted molar refractivity (Wildman–Crippen MR) is 82.4 cm³/mol. The fourth-order valence-corrected chi connectivity index (χ4v) is 2.41. The lowest BCUT2D eigenvalue weighted by molar-refractivity contribution is 0.790. The van der Waals surface area contributed by atoms with Crippen molar-refractivity contribution in [2.75, 3.05) is 5.32 Å². The molecule has 0 heterocycles. The Bertz CT molecular complexity index is 510. The van der Waals surface area contributed by atoms with Crippen LogP contribution in [-0.2, 0) is 6.42 Å². The average molecular weight is 325 g/mol. The summed E-state index contributed by atoms with van der Waals surface area (Å²) in [6.45, 7) is 2.18. The Labute approximate surface area is 121 Å².